The number of rotatable bonds is 0. The Kier molecular flexibility index (Phi) is 108. The van der Waals surface area contributed by atoms with E-state index in [2.05, 4.69) is 21.3 Å². The van der Waals surface area contributed by atoms with Crippen molar-refractivity contribution in [2.24, 2.45) is 0 Å². The van der Waals surface area contributed by atoms with E-state index in [0.717, 1.165) is 80.8 Å². The quantitative estimate of drug-likeness (QED) is 0.203. The van der Waals surface area contributed by atoms with Gasteiger partial charge in [0.15, 0.2) is 0 Å². The van der Waals surface area contributed by atoms with E-state index in [-0.39, 0.29) is 41.6 Å². The summed E-state index contributed by atoms with van der Waals surface area (Å²) in [6, 6.07) is 0. The van der Waals surface area contributed by atoms with Crippen LogP contribution in [-0.4, -0.2) is 101 Å². The Morgan fingerprint density at radius 2 is 0.741 bits per heavy atom. The maximum Gasteiger partial charge on any atom is 2.00 e. The minimum absolute atomic E-state index is 0. The molecule has 0 saturated carbocycles. The van der Waals surface area contributed by atoms with Crippen molar-refractivity contribution in [3.8, 4) is 0 Å². The molecule has 170 valence electrons. The molecule has 10 heteroatoms. The van der Waals surface area contributed by atoms with Crippen LogP contribution in [-0.2, 0) is 21.7 Å². The molecular weight excluding hydrogens is 408 g/mol. The molecule has 0 aromatic heterocycles. The summed E-state index contributed by atoms with van der Waals surface area (Å²) in [5, 5.41) is 42.9. The van der Waals surface area contributed by atoms with Gasteiger partial charge in [-0.3, -0.25) is 0 Å². The first-order valence-corrected chi connectivity index (χ1v) is 8.54. The average Bonchev–Trinajstić information content (AvgIpc) is 2.68. The second-order valence-corrected chi connectivity index (χ2v) is 4.34. The van der Waals surface area contributed by atoms with Crippen molar-refractivity contribution in [2.45, 2.75) is 25.7 Å². The van der Waals surface area contributed by atoms with Crippen molar-refractivity contribution in [1.29, 1.82) is 0 Å². The minimum atomic E-state index is 0. The number of hydrogen-bond acceptors (Lipinski definition) is 7. The Balaban J connectivity index is -0.0000000646. The molecule has 0 unspecified atom stereocenters. The Morgan fingerprint density at radius 1 is 0.519 bits per heavy atom. The molecule has 0 spiro atoms. The Bertz CT molecular complexity index is 107. The van der Waals surface area contributed by atoms with Gasteiger partial charge in [-0.05, 0) is 52.1 Å². The fourth-order valence-corrected chi connectivity index (χ4v) is 1.80. The van der Waals surface area contributed by atoms with Gasteiger partial charge >= 0.3 is 21.7 Å². The van der Waals surface area contributed by atoms with E-state index in [0.29, 0.717) is 0 Å². The summed E-state index contributed by atoms with van der Waals surface area (Å²) in [7, 11) is 4.00. The van der Waals surface area contributed by atoms with E-state index in [1.165, 1.54) is 25.7 Å². The smallest absolute Gasteiger partial charge is 0.662 e. The van der Waals surface area contributed by atoms with Gasteiger partial charge in [-0.2, -0.15) is 0 Å². The summed E-state index contributed by atoms with van der Waals surface area (Å²) in [4.78, 5) is 0. The summed E-state index contributed by atoms with van der Waals surface area (Å²) >= 11 is 0. The zero-order valence-electron chi connectivity index (χ0n) is 18.1. The predicted molar refractivity (Wildman–Crippen MR) is 116 cm³/mol. The molecule has 7 N–H and O–H groups in total. The van der Waals surface area contributed by atoms with Crippen molar-refractivity contribution < 1.29 is 42.1 Å². The largest absolute Gasteiger partial charge is 2.00 e. The van der Waals surface area contributed by atoms with Gasteiger partial charge in [0.25, 0.3) is 0 Å². The van der Waals surface area contributed by atoms with Crippen LogP contribution in [0.1, 0.15) is 25.7 Å². The van der Waals surface area contributed by atoms with Crippen LogP contribution in [0.4, 0.5) is 0 Å². The predicted octanol–water partition coefficient (Wildman–Crippen LogP) is 0.00649. The zero-order valence-corrected chi connectivity index (χ0v) is 20.5. The second-order valence-electron chi connectivity index (χ2n) is 4.34. The molecule has 1 aliphatic heterocycles. The molecule has 27 heavy (non-hydrogen) atoms. The van der Waals surface area contributed by atoms with Crippen LogP contribution in [0.5, 0.6) is 0 Å². The maximum atomic E-state index is 7.00. The Labute approximate surface area is 189 Å². The fraction of sp³-hybridized carbons (Fsp3) is 0.941. The monoisotopic (exact) mass is 454 g/mol. The molecule has 0 amide bonds. The van der Waals surface area contributed by atoms with Crippen LogP contribution in [0, 0.1) is 7.43 Å². The van der Waals surface area contributed by atoms with Gasteiger partial charge in [0, 0.05) is 28.4 Å². The standard InChI is InChI=1S/C12H27N4.4CH4O.CH3.ClH.Ti/c1-5-13-7-2-9-15-11-4-12-16-10-3-8-14-6-1;4*1-2;;;/h13-15H,1-12H2;4*2H,1H3;1H3;1H;/q-1;;;;;-1;;+2. The molecule has 1 heterocycles. The first-order valence-electron chi connectivity index (χ1n) is 8.54. The molecular formula is C17H47ClN4O4Ti. The van der Waals surface area contributed by atoms with Gasteiger partial charge in [-0.15, -0.1) is 25.5 Å². The fourth-order valence-electron chi connectivity index (χ4n) is 1.80. The molecule has 8 nitrogen and oxygen atoms in total. The van der Waals surface area contributed by atoms with E-state index in [1.807, 2.05) is 0 Å². The second kappa shape index (κ2) is 63.2. The van der Waals surface area contributed by atoms with Gasteiger partial charge in [0.05, 0.1) is 0 Å². The summed E-state index contributed by atoms with van der Waals surface area (Å²) < 4.78 is 0. The first kappa shape index (κ1) is 46.1. The molecule has 0 atom stereocenters. The first-order chi connectivity index (χ1) is 12.0. The van der Waals surface area contributed by atoms with E-state index < -0.39 is 0 Å². The van der Waals surface area contributed by atoms with Crippen LogP contribution in [0.3, 0.4) is 0 Å². The van der Waals surface area contributed by atoms with Crippen LogP contribution < -0.4 is 16.0 Å². The van der Waals surface area contributed by atoms with E-state index in [1.54, 1.807) is 0 Å². The van der Waals surface area contributed by atoms with E-state index >= 15 is 0 Å². The average molecular weight is 455 g/mol. The van der Waals surface area contributed by atoms with Gasteiger partial charge in [0.2, 0.25) is 0 Å². The summed E-state index contributed by atoms with van der Waals surface area (Å²) in [5.74, 6) is 0. The summed E-state index contributed by atoms with van der Waals surface area (Å²) in [6.45, 7) is 8.80. The van der Waals surface area contributed by atoms with Crippen LogP contribution in [0.2, 0.25) is 0 Å². The third-order valence-corrected chi connectivity index (χ3v) is 2.75. The van der Waals surface area contributed by atoms with Gasteiger partial charge in [-0.1, -0.05) is 12.8 Å². The van der Waals surface area contributed by atoms with Crippen LogP contribution in [0.15, 0.2) is 0 Å². The summed E-state index contributed by atoms with van der Waals surface area (Å²) in [5.41, 5.74) is 0. The summed E-state index contributed by atoms with van der Waals surface area (Å²) in [6.07, 6.45) is 4.82. The SMILES string of the molecule is C1C[N-]CCCNCCCNCCCNC1.CO.CO.CO.CO.Cl.[CH3-].[Ti+2]. The topological polar surface area (TPSA) is 131 Å². The maximum absolute atomic E-state index is 7.00. The van der Waals surface area contributed by atoms with Crippen molar-refractivity contribution >= 4 is 12.4 Å². The molecule has 1 fully saturated rings. The van der Waals surface area contributed by atoms with Gasteiger partial charge < -0.3 is 49.1 Å². The molecule has 0 radical (unpaired) electrons. The van der Waals surface area contributed by atoms with Crippen LogP contribution in [0.25, 0.3) is 5.32 Å². The molecule has 1 aliphatic rings. The third kappa shape index (κ3) is 58.4. The van der Waals surface area contributed by atoms with Crippen molar-refractivity contribution in [2.75, 3.05) is 80.8 Å². The van der Waals surface area contributed by atoms with Gasteiger partial charge in [-0.25, -0.2) is 0 Å². The molecule has 0 bridgehead atoms. The van der Waals surface area contributed by atoms with E-state index in [4.69, 9.17) is 20.4 Å². The number of aliphatic hydroxyl groups is 4. The molecule has 0 aromatic rings. The number of nitrogens with zero attached hydrogens (tertiary/aromatic N) is 1. The van der Waals surface area contributed by atoms with Gasteiger partial charge in [0.1, 0.15) is 0 Å². The zero-order chi connectivity index (χ0) is 19.3. The molecule has 1 rings (SSSR count). The number of aliphatic hydroxyl groups excluding tert-OH is 4. The number of nitrogens with one attached hydrogen (secondary N) is 3. The third-order valence-electron chi connectivity index (χ3n) is 2.75. The minimum Gasteiger partial charge on any atom is -0.662 e. The molecule has 0 aliphatic carbocycles. The Hall–Kier alpha value is 0.684. The number of hydrogen-bond donors (Lipinski definition) is 7. The normalized spacial score (nSPS) is 15.1. The molecule has 1 saturated heterocycles. The van der Waals surface area contributed by atoms with Crippen molar-refractivity contribution in [3.05, 3.63) is 12.7 Å². The van der Waals surface area contributed by atoms with Crippen LogP contribution >= 0.6 is 12.4 Å². The number of halogens is 1. The van der Waals surface area contributed by atoms with Crippen molar-refractivity contribution in [1.82, 2.24) is 16.0 Å². The van der Waals surface area contributed by atoms with Crippen molar-refractivity contribution in [3.63, 3.8) is 0 Å². The molecule has 0 aromatic carbocycles. The Morgan fingerprint density at radius 3 is 1.00 bits per heavy atom. The van der Waals surface area contributed by atoms with E-state index in [9.17, 15) is 0 Å².